The van der Waals surface area contributed by atoms with Crippen molar-refractivity contribution in [1.29, 1.82) is 0 Å². The molecule has 12 heavy (non-hydrogen) atoms. The van der Waals surface area contributed by atoms with Crippen LogP contribution in [0.1, 0.15) is 28.1 Å². The molecule has 1 aliphatic rings. The highest BCUT2D eigenvalue weighted by Crippen LogP contribution is 2.12. The number of carbonyl (C=O) groups is 1. The van der Waals surface area contributed by atoms with Crippen LogP contribution >= 0.6 is 0 Å². The lowest BCUT2D eigenvalue weighted by Gasteiger charge is -2.29. The van der Waals surface area contributed by atoms with E-state index >= 15 is 0 Å². The van der Waals surface area contributed by atoms with Gasteiger partial charge >= 0.3 is 0 Å². The van der Waals surface area contributed by atoms with Gasteiger partial charge in [0, 0.05) is 13.5 Å². The maximum atomic E-state index is 10.3. The molecule has 0 spiro atoms. The van der Waals surface area contributed by atoms with Gasteiger partial charge in [-0.1, -0.05) is 0 Å². The Morgan fingerprint density at radius 1 is 1.50 bits per heavy atom. The van der Waals surface area contributed by atoms with Gasteiger partial charge in [-0.2, -0.15) is 0 Å². The molecule has 72 valence electrons. The molecule has 1 amide bonds. The average Bonchev–Trinajstić information content (AvgIpc) is 2.38. The first kappa shape index (κ1) is 9.52. The fourth-order valence-corrected chi connectivity index (χ4v) is 1.70. The lowest BCUT2D eigenvalue weighted by atomic mass is 10.1. The third-order valence-corrected chi connectivity index (χ3v) is 2.27. The fraction of sp³-hybridized carbons (Fsp3) is 0.889. The summed E-state index contributed by atoms with van der Waals surface area (Å²) in [5.41, 5.74) is -0.0773. The first-order valence-electron chi connectivity index (χ1n) is 4.58. The van der Waals surface area contributed by atoms with E-state index in [1.165, 1.54) is 25.9 Å². The summed E-state index contributed by atoms with van der Waals surface area (Å²) < 4.78 is 0. The minimum Gasteiger partial charge on any atom is -0.353 e. The van der Waals surface area contributed by atoms with Gasteiger partial charge < -0.3 is 10.2 Å². The molecule has 3 nitrogen and oxygen atoms in total. The molecule has 1 heterocycles. The number of rotatable bonds is 4. The third kappa shape index (κ3) is 2.81. The second kappa shape index (κ2) is 3.90. The van der Waals surface area contributed by atoms with Crippen molar-refractivity contribution in [3.8, 4) is 0 Å². The Morgan fingerprint density at radius 2 is 2.08 bits per heavy atom. The number of likely N-dealkylation sites (tertiary alicyclic amines) is 1. The highest BCUT2D eigenvalue weighted by atomic mass is 16.1. The average molecular weight is 172 g/mol. The Hall–Kier alpha value is -0.570. The maximum Gasteiger partial charge on any atom is 0.207 e. The maximum absolute atomic E-state index is 10.3. The highest BCUT2D eigenvalue weighted by molar-refractivity contribution is 5.47. The summed E-state index contributed by atoms with van der Waals surface area (Å²) in [5, 5.41) is 2.83. The van der Waals surface area contributed by atoms with Crippen LogP contribution in [0.5, 0.6) is 0 Å². The summed E-state index contributed by atoms with van der Waals surface area (Å²) in [6, 6.07) is 0. The Balaban J connectivity index is 0.00000144. The first-order valence-corrected chi connectivity index (χ1v) is 4.58. The van der Waals surface area contributed by atoms with E-state index in [2.05, 4.69) is 24.1 Å². The number of hydrogen-bond acceptors (Lipinski definition) is 2. The molecule has 1 aliphatic heterocycles. The van der Waals surface area contributed by atoms with Crippen molar-refractivity contribution in [3.05, 3.63) is 0 Å². The quantitative estimate of drug-likeness (QED) is 0.638. The Bertz CT molecular complexity index is 156. The molecule has 0 radical (unpaired) electrons. The summed E-state index contributed by atoms with van der Waals surface area (Å²) in [4.78, 5) is 12.7. The van der Waals surface area contributed by atoms with E-state index in [4.69, 9.17) is 0 Å². The molecule has 0 saturated carbocycles. The van der Waals surface area contributed by atoms with E-state index in [9.17, 15) is 4.79 Å². The summed E-state index contributed by atoms with van der Waals surface area (Å²) in [7, 11) is 0. The van der Waals surface area contributed by atoms with Gasteiger partial charge in [0.2, 0.25) is 6.41 Å². The minimum absolute atomic E-state index is 0. The van der Waals surface area contributed by atoms with Crippen LogP contribution in [0.3, 0.4) is 0 Å². The highest BCUT2D eigenvalue weighted by Gasteiger charge is 2.22. The van der Waals surface area contributed by atoms with Crippen molar-refractivity contribution in [1.82, 2.24) is 10.2 Å². The van der Waals surface area contributed by atoms with Crippen molar-refractivity contribution in [2.45, 2.75) is 32.2 Å². The summed E-state index contributed by atoms with van der Waals surface area (Å²) in [6.45, 7) is 7.44. The number of hydrogen-bond donors (Lipinski definition) is 1. The Morgan fingerprint density at radius 3 is 2.58 bits per heavy atom. The van der Waals surface area contributed by atoms with E-state index in [1.807, 2.05) is 0 Å². The zero-order valence-corrected chi connectivity index (χ0v) is 7.97. The Kier molecular flexibility index (Phi) is 3.09. The van der Waals surface area contributed by atoms with Crippen molar-refractivity contribution in [3.63, 3.8) is 0 Å². The van der Waals surface area contributed by atoms with Gasteiger partial charge in [-0.25, -0.2) is 0 Å². The number of carbonyl (C=O) groups excluding carboxylic acids is 1. The number of nitrogens with one attached hydrogen (secondary N) is 1. The van der Waals surface area contributed by atoms with Gasteiger partial charge in [0.05, 0.1) is 0 Å². The zero-order valence-electron chi connectivity index (χ0n) is 7.97. The Labute approximate surface area is 75.6 Å². The molecule has 0 unspecified atom stereocenters. The van der Waals surface area contributed by atoms with Crippen molar-refractivity contribution >= 4 is 6.41 Å². The van der Waals surface area contributed by atoms with E-state index in [1.54, 1.807) is 0 Å². The molecule has 0 bridgehead atoms. The smallest absolute Gasteiger partial charge is 0.207 e. The van der Waals surface area contributed by atoms with E-state index in [0.717, 1.165) is 13.0 Å². The zero-order chi connectivity index (χ0) is 9.03. The number of nitrogens with zero attached hydrogens (tertiary/aromatic N) is 1. The van der Waals surface area contributed by atoms with E-state index < -0.39 is 0 Å². The minimum atomic E-state index is -0.0773. The van der Waals surface area contributed by atoms with Crippen LogP contribution in [0.25, 0.3) is 0 Å². The molecule has 0 aromatic heterocycles. The number of amides is 1. The normalized spacial score (nSPS) is 19.5. The largest absolute Gasteiger partial charge is 0.353 e. The standard InChI is InChI=1S/C9H18N2O.H2/c1-9(2,10-8-12)7-11-5-3-4-6-11;/h8H,3-7H2,1-2H3,(H,10,12);1H. The van der Waals surface area contributed by atoms with Crippen molar-refractivity contribution in [2.75, 3.05) is 19.6 Å². The van der Waals surface area contributed by atoms with Crippen molar-refractivity contribution in [2.24, 2.45) is 0 Å². The van der Waals surface area contributed by atoms with E-state index in [0.29, 0.717) is 0 Å². The van der Waals surface area contributed by atoms with Gasteiger partial charge in [0.15, 0.2) is 0 Å². The monoisotopic (exact) mass is 172 g/mol. The molecule has 0 aromatic carbocycles. The van der Waals surface area contributed by atoms with Crippen LogP contribution in [-0.4, -0.2) is 36.5 Å². The second-order valence-electron chi connectivity index (χ2n) is 4.13. The lowest BCUT2D eigenvalue weighted by Crippen LogP contribution is -2.47. The SMILES string of the molecule is CC(C)(CN1CCCC1)NC=O.[HH]. The molecule has 0 aromatic rings. The fourth-order valence-electron chi connectivity index (χ4n) is 1.70. The third-order valence-electron chi connectivity index (χ3n) is 2.27. The van der Waals surface area contributed by atoms with E-state index in [-0.39, 0.29) is 6.97 Å². The molecule has 1 fully saturated rings. The van der Waals surface area contributed by atoms with Gasteiger partial charge in [0.25, 0.3) is 0 Å². The molecule has 3 heteroatoms. The van der Waals surface area contributed by atoms with Gasteiger partial charge in [-0.05, 0) is 39.8 Å². The van der Waals surface area contributed by atoms with Gasteiger partial charge in [-0.15, -0.1) is 0 Å². The predicted octanol–water partition coefficient (Wildman–Crippen LogP) is 0.853. The van der Waals surface area contributed by atoms with Crippen LogP contribution in [0.4, 0.5) is 0 Å². The molecule has 0 atom stereocenters. The van der Waals surface area contributed by atoms with Crippen LogP contribution in [0, 0.1) is 0 Å². The lowest BCUT2D eigenvalue weighted by molar-refractivity contribution is -0.111. The first-order chi connectivity index (χ1) is 5.64. The topological polar surface area (TPSA) is 32.3 Å². The summed E-state index contributed by atoms with van der Waals surface area (Å²) in [5.74, 6) is 0. The van der Waals surface area contributed by atoms with Crippen LogP contribution < -0.4 is 5.32 Å². The van der Waals surface area contributed by atoms with Crippen molar-refractivity contribution < 1.29 is 6.22 Å². The predicted molar refractivity (Wildman–Crippen MR) is 51.1 cm³/mol. The van der Waals surface area contributed by atoms with Crippen LogP contribution in [0.2, 0.25) is 0 Å². The molecule has 1 N–H and O–H groups in total. The molecule has 0 aliphatic carbocycles. The second-order valence-corrected chi connectivity index (χ2v) is 4.13. The summed E-state index contributed by atoms with van der Waals surface area (Å²) >= 11 is 0. The summed E-state index contributed by atoms with van der Waals surface area (Å²) in [6.07, 6.45) is 3.39. The van der Waals surface area contributed by atoms with Crippen LogP contribution in [-0.2, 0) is 4.79 Å². The van der Waals surface area contributed by atoms with Gasteiger partial charge in [0.1, 0.15) is 0 Å². The van der Waals surface area contributed by atoms with Gasteiger partial charge in [-0.3, -0.25) is 4.79 Å². The van der Waals surface area contributed by atoms with Crippen LogP contribution in [0.15, 0.2) is 0 Å². The molecule has 1 rings (SSSR count). The molecule has 1 saturated heterocycles. The molecular weight excluding hydrogens is 152 g/mol. The molecular formula is C9H20N2O.